The van der Waals surface area contributed by atoms with E-state index in [-0.39, 0.29) is 29.4 Å². The minimum atomic E-state index is -2.92. The Morgan fingerprint density at radius 2 is 1.88 bits per heavy atom. The molecule has 0 bridgehead atoms. The number of carbonyl (C=O) groups is 1. The summed E-state index contributed by atoms with van der Waals surface area (Å²) in [5, 5.41) is 3.12. The lowest BCUT2D eigenvalue weighted by atomic mass is 9.75. The minimum Gasteiger partial charge on any atom is -0.353 e. The van der Waals surface area contributed by atoms with Crippen molar-refractivity contribution in [3.05, 3.63) is 70.5 Å². The SMILES string of the molecule is CC(=O)NC1CCc2ccc(CCCCS(=O)(=O)CC3CC3)cc2C1Cc1cccc(F)c1. The van der Waals surface area contributed by atoms with Gasteiger partial charge >= 0.3 is 0 Å². The molecular formula is C27H34FNO3S. The van der Waals surface area contributed by atoms with Gasteiger partial charge in [-0.15, -0.1) is 0 Å². The van der Waals surface area contributed by atoms with E-state index in [2.05, 4.69) is 23.5 Å². The molecule has 1 amide bonds. The second-order valence-electron chi connectivity index (χ2n) is 9.83. The summed E-state index contributed by atoms with van der Waals surface area (Å²) in [6, 6.07) is 13.3. The minimum absolute atomic E-state index is 0.0149. The van der Waals surface area contributed by atoms with Gasteiger partial charge in [0.1, 0.15) is 5.82 Å². The molecule has 2 aliphatic rings. The number of fused-ring (bicyclic) bond motifs is 1. The van der Waals surface area contributed by atoms with Crippen molar-refractivity contribution in [2.75, 3.05) is 11.5 Å². The van der Waals surface area contributed by atoms with Gasteiger partial charge in [0.05, 0.1) is 11.5 Å². The average molecular weight is 472 g/mol. The van der Waals surface area contributed by atoms with E-state index in [1.807, 2.05) is 6.07 Å². The molecule has 2 aliphatic carbocycles. The molecule has 2 aromatic carbocycles. The first-order chi connectivity index (χ1) is 15.8. The van der Waals surface area contributed by atoms with Gasteiger partial charge in [0.2, 0.25) is 5.91 Å². The number of aryl methyl sites for hydroxylation is 2. The number of hydrogen-bond donors (Lipinski definition) is 1. The van der Waals surface area contributed by atoms with Crippen LogP contribution in [0.2, 0.25) is 0 Å². The maximum Gasteiger partial charge on any atom is 0.217 e. The number of benzene rings is 2. The Kier molecular flexibility index (Phi) is 7.52. The number of rotatable bonds is 10. The molecule has 178 valence electrons. The zero-order valence-electron chi connectivity index (χ0n) is 19.4. The molecular weight excluding hydrogens is 437 g/mol. The van der Waals surface area contributed by atoms with Crippen molar-refractivity contribution in [1.29, 1.82) is 0 Å². The summed E-state index contributed by atoms with van der Waals surface area (Å²) in [4.78, 5) is 11.8. The number of carbonyl (C=O) groups excluding carboxylic acids is 1. The predicted octanol–water partition coefficient (Wildman–Crippen LogP) is 4.75. The highest BCUT2D eigenvalue weighted by atomic mass is 32.2. The van der Waals surface area contributed by atoms with Crippen molar-refractivity contribution in [2.45, 2.75) is 70.3 Å². The van der Waals surface area contributed by atoms with Gasteiger partial charge in [-0.1, -0.05) is 30.3 Å². The third kappa shape index (κ3) is 6.89. The fourth-order valence-corrected chi connectivity index (χ4v) is 6.95. The molecule has 0 spiro atoms. The van der Waals surface area contributed by atoms with Gasteiger partial charge in [-0.2, -0.15) is 0 Å². The van der Waals surface area contributed by atoms with Gasteiger partial charge in [0.25, 0.3) is 0 Å². The third-order valence-corrected chi connectivity index (χ3v) is 8.80. The molecule has 2 unspecified atom stereocenters. The zero-order chi connectivity index (χ0) is 23.4. The summed E-state index contributed by atoms with van der Waals surface area (Å²) >= 11 is 0. The third-order valence-electron chi connectivity index (χ3n) is 6.91. The summed E-state index contributed by atoms with van der Waals surface area (Å²) < 4.78 is 38.2. The van der Waals surface area contributed by atoms with Crippen LogP contribution in [-0.2, 0) is 33.9 Å². The van der Waals surface area contributed by atoms with Gasteiger partial charge in [0.15, 0.2) is 9.84 Å². The quantitative estimate of drug-likeness (QED) is 0.509. The fraction of sp³-hybridized carbons (Fsp3) is 0.519. The van der Waals surface area contributed by atoms with Crippen LogP contribution in [0.25, 0.3) is 0 Å². The lowest BCUT2D eigenvalue weighted by Gasteiger charge is -2.34. The van der Waals surface area contributed by atoms with Crippen LogP contribution in [0.15, 0.2) is 42.5 Å². The molecule has 1 N–H and O–H groups in total. The number of halogens is 1. The van der Waals surface area contributed by atoms with E-state index in [0.29, 0.717) is 24.5 Å². The molecule has 2 aromatic rings. The Bertz CT molecular complexity index is 1090. The summed E-state index contributed by atoms with van der Waals surface area (Å²) in [5.41, 5.74) is 4.63. The monoisotopic (exact) mass is 471 g/mol. The zero-order valence-corrected chi connectivity index (χ0v) is 20.2. The lowest BCUT2D eigenvalue weighted by molar-refractivity contribution is -0.119. The number of hydrogen-bond acceptors (Lipinski definition) is 3. The van der Waals surface area contributed by atoms with Crippen LogP contribution >= 0.6 is 0 Å². The molecule has 2 atom stereocenters. The second kappa shape index (κ2) is 10.4. The van der Waals surface area contributed by atoms with Crippen LogP contribution in [0.4, 0.5) is 4.39 Å². The fourth-order valence-electron chi connectivity index (χ4n) is 5.08. The highest BCUT2D eigenvalue weighted by Crippen LogP contribution is 2.36. The van der Waals surface area contributed by atoms with Crippen LogP contribution in [0.5, 0.6) is 0 Å². The second-order valence-corrected chi connectivity index (χ2v) is 12.1. The standard InChI is InChI=1S/C27H34FNO3S/c1-19(30)29-27-13-12-23-11-10-20(5-2-3-14-33(31,32)18-21-8-9-21)16-25(23)26(27)17-22-6-4-7-24(28)15-22/h4,6-7,10-11,15-16,21,26-27H,2-3,5,8-9,12-14,17-18H2,1H3,(H,29,30). The van der Waals surface area contributed by atoms with Gasteiger partial charge in [-0.3, -0.25) is 4.79 Å². The topological polar surface area (TPSA) is 63.2 Å². The van der Waals surface area contributed by atoms with E-state index in [9.17, 15) is 17.6 Å². The molecule has 0 aliphatic heterocycles. The number of amides is 1. The summed E-state index contributed by atoms with van der Waals surface area (Å²) in [6.07, 6.45) is 6.92. The number of unbranched alkanes of at least 4 members (excludes halogenated alkanes) is 1. The molecule has 0 aromatic heterocycles. The molecule has 33 heavy (non-hydrogen) atoms. The summed E-state index contributed by atoms with van der Waals surface area (Å²) in [7, 11) is -2.92. The van der Waals surface area contributed by atoms with Crippen molar-refractivity contribution in [3.8, 4) is 0 Å². The Balaban J connectivity index is 1.46. The smallest absolute Gasteiger partial charge is 0.217 e. The largest absolute Gasteiger partial charge is 0.353 e. The molecule has 0 saturated heterocycles. The van der Waals surface area contributed by atoms with E-state index < -0.39 is 9.84 Å². The van der Waals surface area contributed by atoms with E-state index in [1.165, 1.54) is 22.8 Å². The van der Waals surface area contributed by atoms with Crippen LogP contribution in [0, 0.1) is 11.7 Å². The van der Waals surface area contributed by atoms with Crippen molar-refractivity contribution in [1.82, 2.24) is 5.32 Å². The maximum absolute atomic E-state index is 13.8. The molecule has 6 heteroatoms. The molecule has 4 rings (SSSR count). The van der Waals surface area contributed by atoms with Crippen LogP contribution < -0.4 is 5.32 Å². The van der Waals surface area contributed by atoms with Crippen LogP contribution in [0.1, 0.15) is 67.2 Å². The Labute approximate surface area is 196 Å². The van der Waals surface area contributed by atoms with E-state index in [0.717, 1.165) is 44.1 Å². The number of sulfone groups is 1. The van der Waals surface area contributed by atoms with E-state index >= 15 is 0 Å². The Morgan fingerprint density at radius 1 is 1.06 bits per heavy atom. The predicted molar refractivity (Wildman–Crippen MR) is 130 cm³/mol. The first-order valence-electron chi connectivity index (χ1n) is 12.1. The normalized spacial score (nSPS) is 20.3. The van der Waals surface area contributed by atoms with Crippen molar-refractivity contribution >= 4 is 15.7 Å². The Morgan fingerprint density at radius 3 is 2.61 bits per heavy atom. The first kappa shape index (κ1) is 23.9. The molecule has 1 fully saturated rings. The molecule has 4 nitrogen and oxygen atoms in total. The highest BCUT2D eigenvalue weighted by molar-refractivity contribution is 7.91. The summed E-state index contributed by atoms with van der Waals surface area (Å²) in [5.74, 6) is 0.834. The van der Waals surface area contributed by atoms with Gasteiger partial charge in [-0.25, -0.2) is 12.8 Å². The maximum atomic E-state index is 13.8. The highest BCUT2D eigenvalue weighted by Gasteiger charge is 2.31. The molecule has 0 radical (unpaired) electrons. The van der Waals surface area contributed by atoms with Gasteiger partial charge in [-0.05, 0) is 91.7 Å². The average Bonchev–Trinajstić information content (AvgIpc) is 3.56. The van der Waals surface area contributed by atoms with Crippen molar-refractivity contribution in [2.24, 2.45) is 5.92 Å². The number of nitrogens with one attached hydrogen (secondary N) is 1. The van der Waals surface area contributed by atoms with Crippen molar-refractivity contribution < 1.29 is 17.6 Å². The summed E-state index contributed by atoms with van der Waals surface area (Å²) in [6.45, 7) is 1.54. The van der Waals surface area contributed by atoms with Crippen LogP contribution in [0.3, 0.4) is 0 Å². The Hall–Kier alpha value is -2.21. The lowest BCUT2D eigenvalue weighted by Crippen LogP contribution is -2.41. The van der Waals surface area contributed by atoms with E-state index in [4.69, 9.17) is 0 Å². The van der Waals surface area contributed by atoms with Crippen molar-refractivity contribution in [3.63, 3.8) is 0 Å². The molecule has 0 heterocycles. The molecule has 1 saturated carbocycles. The van der Waals surface area contributed by atoms with E-state index in [1.54, 1.807) is 19.1 Å². The van der Waals surface area contributed by atoms with Crippen LogP contribution in [-0.4, -0.2) is 31.9 Å². The van der Waals surface area contributed by atoms with Gasteiger partial charge in [0, 0.05) is 18.9 Å². The van der Waals surface area contributed by atoms with Gasteiger partial charge < -0.3 is 5.32 Å². The first-order valence-corrected chi connectivity index (χ1v) is 13.9.